The highest BCUT2D eigenvalue weighted by Gasteiger charge is 2.24. The standard InChI is InChI=1S/C20H34N6O2.HI/c1-2-21-20(22-14-19-24-23-18-7-5-10-26(18)19)25-11-8-16(9-12-25)28-15-17-6-3-4-13-27-17;/h16-17H,2-15H2,1H3,(H,21,22);1H. The minimum absolute atomic E-state index is 0. The van der Waals surface area contributed by atoms with Gasteiger partial charge in [-0.1, -0.05) is 0 Å². The Morgan fingerprint density at radius 1 is 1.17 bits per heavy atom. The van der Waals surface area contributed by atoms with Crippen molar-refractivity contribution < 1.29 is 9.47 Å². The van der Waals surface area contributed by atoms with E-state index in [2.05, 4.69) is 31.9 Å². The van der Waals surface area contributed by atoms with Gasteiger partial charge in [-0.3, -0.25) is 0 Å². The molecule has 0 bridgehead atoms. The Hall–Kier alpha value is -0.940. The highest BCUT2D eigenvalue weighted by Crippen LogP contribution is 2.18. The first-order chi connectivity index (χ1) is 13.8. The summed E-state index contributed by atoms with van der Waals surface area (Å²) in [6.45, 7) is 8.18. The number of aromatic nitrogens is 3. The number of piperidine rings is 1. The third-order valence-electron chi connectivity index (χ3n) is 5.92. The van der Waals surface area contributed by atoms with Crippen LogP contribution in [0.3, 0.4) is 0 Å². The second kappa shape index (κ2) is 11.5. The van der Waals surface area contributed by atoms with Gasteiger partial charge in [-0.25, -0.2) is 4.99 Å². The van der Waals surface area contributed by atoms with Gasteiger partial charge in [0.25, 0.3) is 0 Å². The summed E-state index contributed by atoms with van der Waals surface area (Å²) in [6, 6.07) is 0. The maximum absolute atomic E-state index is 6.15. The van der Waals surface area contributed by atoms with Crippen LogP contribution in [-0.4, -0.2) is 70.7 Å². The summed E-state index contributed by atoms with van der Waals surface area (Å²) in [4.78, 5) is 7.20. The molecule has 1 N–H and O–H groups in total. The Kier molecular flexibility index (Phi) is 8.98. The Morgan fingerprint density at radius 3 is 2.79 bits per heavy atom. The van der Waals surface area contributed by atoms with E-state index in [4.69, 9.17) is 14.5 Å². The minimum Gasteiger partial charge on any atom is -0.376 e. The number of rotatable bonds is 6. The van der Waals surface area contributed by atoms with Crippen LogP contribution in [0.1, 0.15) is 57.1 Å². The maximum Gasteiger partial charge on any atom is 0.194 e. The van der Waals surface area contributed by atoms with Gasteiger partial charge < -0.3 is 24.3 Å². The quantitative estimate of drug-likeness (QED) is 0.354. The minimum atomic E-state index is 0. The molecule has 29 heavy (non-hydrogen) atoms. The van der Waals surface area contributed by atoms with Gasteiger partial charge in [0.1, 0.15) is 12.4 Å². The van der Waals surface area contributed by atoms with E-state index in [1.807, 2.05) is 0 Å². The number of hydrogen-bond acceptors (Lipinski definition) is 5. The number of halogens is 1. The molecule has 1 aromatic heterocycles. The fraction of sp³-hybridized carbons (Fsp3) is 0.850. The van der Waals surface area contributed by atoms with Crippen molar-refractivity contribution in [1.82, 2.24) is 25.0 Å². The second-order valence-corrected chi connectivity index (χ2v) is 7.97. The van der Waals surface area contributed by atoms with Crippen molar-refractivity contribution >= 4 is 29.9 Å². The van der Waals surface area contributed by atoms with Gasteiger partial charge in [0, 0.05) is 39.2 Å². The maximum atomic E-state index is 6.15. The highest BCUT2D eigenvalue weighted by atomic mass is 127. The van der Waals surface area contributed by atoms with Crippen molar-refractivity contribution in [2.75, 3.05) is 32.8 Å². The number of nitrogens with zero attached hydrogens (tertiary/aromatic N) is 5. The molecule has 0 saturated carbocycles. The first-order valence-corrected chi connectivity index (χ1v) is 11.0. The van der Waals surface area contributed by atoms with E-state index in [1.54, 1.807) is 0 Å². The third-order valence-corrected chi connectivity index (χ3v) is 5.92. The van der Waals surface area contributed by atoms with Gasteiger partial charge in [0.2, 0.25) is 0 Å². The van der Waals surface area contributed by atoms with Gasteiger partial charge in [0.05, 0.1) is 18.8 Å². The van der Waals surface area contributed by atoms with Crippen LogP contribution < -0.4 is 5.32 Å². The lowest BCUT2D eigenvalue weighted by molar-refractivity contribution is -0.0721. The predicted octanol–water partition coefficient (Wildman–Crippen LogP) is 2.36. The molecule has 2 saturated heterocycles. The smallest absolute Gasteiger partial charge is 0.194 e. The third kappa shape index (κ3) is 6.04. The van der Waals surface area contributed by atoms with E-state index in [0.29, 0.717) is 18.8 Å². The molecule has 4 rings (SSSR count). The lowest BCUT2D eigenvalue weighted by Crippen LogP contribution is -2.47. The lowest BCUT2D eigenvalue weighted by Gasteiger charge is -2.35. The average molecular weight is 518 g/mol. The molecule has 0 radical (unpaired) electrons. The van der Waals surface area contributed by atoms with E-state index in [1.165, 1.54) is 19.3 Å². The van der Waals surface area contributed by atoms with Crippen molar-refractivity contribution in [3.63, 3.8) is 0 Å². The normalized spacial score (nSPS) is 23.0. The molecule has 8 nitrogen and oxygen atoms in total. The van der Waals surface area contributed by atoms with Crippen molar-refractivity contribution in [3.8, 4) is 0 Å². The fourth-order valence-electron chi connectivity index (χ4n) is 4.32. The zero-order chi connectivity index (χ0) is 19.2. The van der Waals surface area contributed by atoms with E-state index < -0.39 is 0 Å². The monoisotopic (exact) mass is 518 g/mol. The van der Waals surface area contributed by atoms with E-state index >= 15 is 0 Å². The summed E-state index contributed by atoms with van der Waals surface area (Å²) in [5, 5.41) is 12.0. The predicted molar refractivity (Wildman–Crippen MR) is 123 cm³/mol. The number of ether oxygens (including phenoxy) is 2. The second-order valence-electron chi connectivity index (χ2n) is 7.97. The molecule has 9 heteroatoms. The zero-order valence-corrected chi connectivity index (χ0v) is 19.8. The summed E-state index contributed by atoms with van der Waals surface area (Å²) in [5.41, 5.74) is 0. The molecule has 0 spiro atoms. The topological polar surface area (TPSA) is 76.8 Å². The average Bonchev–Trinajstić information content (AvgIpc) is 3.35. The Morgan fingerprint density at radius 2 is 2.03 bits per heavy atom. The molecule has 4 heterocycles. The van der Waals surface area contributed by atoms with Gasteiger partial charge in [-0.2, -0.15) is 0 Å². The molecule has 1 aromatic rings. The molecule has 0 aromatic carbocycles. The molecule has 1 unspecified atom stereocenters. The summed E-state index contributed by atoms with van der Waals surface area (Å²) >= 11 is 0. The van der Waals surface area contributed by atoms with Crippen LogP contribution >= 0.6 is 24.0 Å². The fourth-order valence-corrected chi connectivity index (χ4v) is 4.32. The van der Waals surface area contributed by atoms with Gasteiger partial charge in [-0.15, -0.1) is 34.2 Å². The molecule has 0 amide bonds. The Bertz CT molecular complexity index is 653. The Balaban J connectivity index is 0.00000240. The molecular weight excluding hydrogens is 483 g/mol. The largest absolute Gasteiger partial charge is 0.376 e. The number of nitrogens with one attached hydrogen (secondary N) is 1. The summed E-state index contributed by atoms with van der Waals surface area (Å²) in [6.07, 6.45) is 8.53. The highest BCUT2D eigenvalue weighted by molar-refractivity contribution is 14.0. The molecule has 0 aliphatic carbocycles. The van der Waals surface area contributed by atoms with Crippen LogP contribution in [-0.2, 0) is 29.0 Å². The summed E-state index contributed by atoms with van der Waals surface area (Å²) in [7, 11) is 0. The number of aryl methyl sites for hydroxylation is 1. The Labute approximate surface area is 190 Å². The van der Waals surface area contributed by atoms with E-state index in [0.717, 1.165) is 82.7 Å². The molecule has 164 valence electrons. The lowest BCUT2D eigenvalue weighted by atomic mass is 10.1. The number of guanidine groups is 1. The number of aliphatic imine (C=N–C) groups is 1. The summed E-state index contributed by atoms with van der Waals surface area (Å²) in [5.74, 6) is 3.07. The SMILES string of the molecule is CCNC(=NCc1nnc2n1CCC2)N1CCC(OCC2CCCCO2)CC1.I. The molecule has 1 atom stereocenters. The van der Waals surface area contributed by atoms with Crippen LogP contribution in [0.25, 0.3) is 0 Å². The van der Waals surface area contributed by atoms with Gasteiger partial charge in [0.15, 0.2) is 11.8 Å². The van der Waals surface area contributed by atoms with Gasteiger partial charge in [-0.05, 0) is 45.4 Å². The molecule has 3 aliphatic rings. The van der Waals surface area contributed by atoms with Crippen LogP contribution in [0.4, 0.5) is 0 Å². The van der Waals surface area contributed by atoms with Crippen molar-refractivity contribution in [2.45, 2.75) is 77.2 Å². The number of hydrogen-bond donors (Lipinski definition) is 1. The van der Waals surface area contributed by atoms with Crippen molar-refractivity contribution in [1.29, 1.82) is 0 Å². The van der Waals surface area contributed by atoms with E-state index in [-0.39, 0.29) is 24.0 Å². The molecule has 2 fully saturated rings. The van der Waals surface area contributed by atoms with Crippen LogP contribution in [0.5, 0.6) is 0 Å². The summed E-state index contributed by atoms with van der Waals surface area (Å²) < 4.78 is 14.2. The van der Waals surface area contributed by atoms with Crippen LogP contribution in [0.15, 0.2) is 4.99 Å². The first-order valence-electron chi connectivity index (χ1n) is 11.0. The van der Waals surface area contributed by atoms with E-state index in [9.17, 15) is 0 Å². The molecular formula is C20H35IN6O2. The number of likely N-dealkylation sites (tertiary alicyclic amines) is 1. The molecule has 3 aliphatic heterocycles. The van der Waals surface area contributed by atoms with Crippen LogP contribution in [0.2, 0.25) is 0 Å². The first kappa shape index (κ1) is 22.7. The number of fused-ring (bicyclic) bond motifs is 1. The van der Waals surface area contributed by atoms with Crippen LogP contribution in [0, 0.1) is 0 Å². The van der Waals surface area contributed by atoms with Gasteiger partial charge >= 0.3 is 0 Å². The zero-order valence-electron chi connectivity index (χ0n) is 17.5. The van der Waals surface area contributed by atoms with Crippen molar-refractivity contribution in [3.05, 3.63) is 11.6 Å². The van der Waals surface area contributed by atoms with Crippen molar-refractivity contribution in [2.24, 2.45) is 4.99 Å².